The molecule has 0 amide bonds. The van der Waals surface area contributed by atoms with Crippen molar-refractivity contribution >= 4 is 32.0 Å². The van der Waals surface area contributed by atoms with Crippen molar-refractivity contribution in [2.75, 3.05) is 29.2 Å². The van der Waals surface area contributed by atoms with Crippen LogP contribution in [-0.2, 0) is 9.84 Å². The predicted octanol–water partition coefficient (Wildman–Crippen LogP) is 1.44. The topological polar surface area (TPSA) is 76.3 Å². The fourth-order valence-corrected chi connectivity index (χ4v) is 4.56. The lowest BCUT2D eigenvalue weighted by Crippen LogP contribution is -2.32. The number of aromatic nitrogens is 1. The molecule has 0 saturated carbocycles. The van der Waals surface area contributed by atoms with Crippen LogP contribution in [0.25, 0.3) is 10.8 Å². The Kier molecular flexibility index (Phi) is 3.05. The molecule has 1 saturated heterocycles. The molecule has 1 aliphatic heterocycles. The first-order valence-corrected chi connectivity index (χ1v) is 8.35. The van der Waals surface area contributed by atoms with Crippen molar-refractivity contribution in [2.24, 2.45) is 0 Å². The van der Waals surface area contributed by atoms with E-state index >= 15 is 0 Å². The van der Waals surface area contributed by atoms with Crippen molar-refractivity contribution in [1.82, 2.24) is 4.98 Å². The molecule has 1 aromatic heterocycles. The van der Waals surface area contributed by atoms with Gasteiger partial charge in [-0.1, -0.05) is 0 Å². The minimum absolute atomic E-state index is 0.0204. The standard InChI is InChI=1S/C14H17N3O2S/c1-17(10-5-7-20(18,19)9-10)14-3-2-13(15)11-4-6-16-8-12(11)14/h2-4,6,8,10H,5,7,9,15H2,1H3. The number of rotatable bonds is 2. The number of nitrogens with zero attached hydrogens (tertiary/aromatic N) is 2. The number of pyridine rings is 1. The Morgan fingerprint density at radius 1 is 1.30 bits per heavy atom. The van der Waals surface area contributed by atoms with Gasteiger partial charge in [-0.2, -0.15) is 0 Å². The van der Waals surface area contributed by atoms with Gasteiger partial charge in [0.15, 0.2) is 9.84 Å². The van der Waals surface area contributed by atoms with Gasteiger partial charge in [-0.05, 0) is 24.6 Å². The summed E-state index contributed by atoms with van der Waals surface area (Å²) in [5.41, 5.74) is 7.66. The molecule has 5 nitrogen and oxygen atoms in total. The molecule has 0 aliphatic carbocycles. The summed E-state index contributed by atoms with van der Waals surface area (Å²) < 4.78 is 23.3. The van der Waals surface area contributed by atoms with E-state index in [2.05, 4.69) is 4.98 Å². The molecule has 0 spiro atoms. The number of nitrogen functional groups attached to an aromatic ring is 1. The summed E-state index contributed by atoms with van der Waals surface area (Å²) in [4.78, 5) is 6.19. The SMILES string of the molecule is CN(c1ccc(N)c2ccncc12)C1CCS(=O)(=O)C1. The van der Waals surface area contributed by atoms with Crippen LogP contribution in [0, 0.1) is 0 Å². The lowest BCUT2D eigenvalue weighted by atomic mass is 10.1. The van der Waals surface area contributed by atoms with Gasteiger partial charge >= 0.3 is 0 Å². The van der Waals surface area contributed by atoms with Gasteiger partial charge in [0, 0.05) is 47.6 Å². The highest BCUT2D eigenvalue weighted by molar-refractivity contribution is 7.91. The fraction of sp³-hybridized carbons (Fsp3) is 0.357. The van der Waals surface area contributed by atoms with Crippen LogP contribution < -0.4 is 10.6 Å². The molecule has 20 heavy (non-hydrogen) atoms. The molecule has 0 radical (unpaired) electrons. The van der Waals surface area contributed by atoms with Crippen LogP contribution in [0.5, 0.6) is 0 Å². The lowest BCUT2D eigenvalue weighted by Gasteiger charge is -2.27. The molecule has 3 rings (SSSR count). The Morgan fingerprint density at radius 2 is 2.10 bits per heavy atom. The quantitative estimate of drug-likeness (QED) is 0.847. The average Bonchev–Trinajstić information content (AvgIpc) is 2.79. The Hall–Kier alpha value is -1.82. The van der Waals surface area contributed by atoms with Gasteiger partial charge < -0.3 is 10.6 Å². The molecule has 106 valence electrons. The first kappa shape index (κ1) is 13.2. The van der Waals surface area contributed by atoms with Gasteiger partial charge in [-0.15, -0.1) is 0 Å². The Bertz CT molecular complexity index is 758. The molecule has 0 bridgehead atoms. The number of anilines is 2. The Morgan fingerprint density at radius 3 is 2.80 bits per heavy atom. The third kappa shape index (κ3) is 2.20. The zero-order valence-electron chi connectivity index (χ0n) is 11.3. The monoisotopic (exact) mass is 291 g/mol. The van der Waals surface area contributed by atoms with Gasteiger partial charge in [0.1, 0.15) is 0 Å². The fourth-order valence-electron chi connectivity index (χ4n) is 2.78. The zero-order chi connectivity index (χ0) is 14.3. The largest absolute Gasteiger partial charge is 0.398 e. The minimum Gasteiger partial charge on any atom is -0.398 e. The number of hydrogen-bond acceptors (Lipinski definition) is 5. The summed E-state index contributed by atoms with van der Waals surface area (Å²) in [5.74, 6) is 0.489. The summed E-state index contributed by atoms with van der Waals surface area (Å²) in [6, 6.07) is 5.70. The van der Waals surface area contributed by atoms with Crippen molar-refractivity contribution in [3.8, 4) is 0 Å². The maximum atomic E-state index is 11.6. The highest BCUT2D eigenvalue weighted by atomic mass is 32.2. The summed E-state index contributed by atoms with van der Waals surface area (Å²) in [7, 11) is -0.958. The van der Waals surface area contributed by atoms with E-state index in [1.54, 1.807) is 12.4 Å². The number of sulfone groups is 1. The van der Waals surface area contributed by atoms with Crippen LogP contribution in [-0.4, -0.2) is 38.0 Å². The number of benzene rings is 1. The van der Waals surface area contributed by atoms with Crippen LogP contribution in [0.3, 0.4) is 0 Å². The number of hydrogen-bond donors (Lipinski definition) is 1. The molecule has 1 fully saturated rings. The van der Waals surface area contributed by atoms with E-state index in [0.717, 1.165) is 16.5 Å². The van der Waals surface area contributed by atoms with Crippen molar-refractivity contribution in [3.63, 3.8) is 0 Å². The molecule has 1 aliphatic rings. The molecule has 1 aromatic carbocycles. The Labute approximate surface area is 118 Å². The third-order valence-electron chi connectivity index (χ3n) is 3.96. The molecule has 1 atom stereocenters. The van der Waals surface area contributed by atoms with Gasteiger partial charge in [0.25, 0.3) is 0 Å². The van der Waals surface area contributed by atoms with Gasteiger partial charge in [-0.25, -0.2) is 8.42 Å². The van der Waals surface area contributed by atoms with E-state index < -0.39 is 9.84 Å². The van der Waals surface area contributed by atoms with Crippen LogP contribution in [0.4, 0.5) is 11.4 Å². The maximum absolute atomic E-state index is 11.6. The average molecular weight is 291 g/mol. The normalized spacial score (nSPS) is 21.1. The molecule has 2 N–H and O–H groups in total. The van der Waals surface area contributed by atoms with Crippen LogP contribution >= 0.6 is 0 Å². The van der Waals surface area contributed by atoms with Gasteiger partial charge in [0.2, 0.25) is 0 Å². The maximum Gasteiger partial charge on any atom is 0.152 e. The van der Waals surface area contributed by atoms with Crippen LogP contribution in [0.2, 0.25) is 0 Å². The molecule has 1 unspecified atom stereocenters. The molecule has 6 heteroatoms. The van der Waals surface area contributed by atoms with Gasteiger partial charge in [0.05, 0.1) is 11.5 Å². The Balaban J connectivity index is 2.04. The van der Waals surface area contributed by atoms with Crippen molar-refractivity contribution < 1.29 is 8.42 Å². The van der Waals surface area contributed by atoms with E-state index in [0.29, 0.717) is 12.1 Å². The second kappa shape index (κ2) is 4.63. The highest BCUT2D eigenvalue weighted by Gasteiger charge is 2.31. The summed E-state index contributed by atoms with van der Waals surface area (Å²) >= 11 is 0. The smallest absolute Gasteiger partial charge is 0.152 e. The first-order chi connectivity index (χ1) is 9.48. The summed E-state index contributed by atoms with van der Waals surface area (Å²) in [5, 5.41) is 1.91. The first-order valence-electron chi connectivity index (χ1n) is 6.53. The second-order valence-electron chi connectivity index (χ2n) is 5.26. The van der Waals surface area contributed by atoms with Crippen molar-refractivity contribution in [3.05, 3.63) is 30.6 Å². The third-order valence-corrected chi connectivity index (χ3v) is 5.72. The molecule has 2 aromatic rings. The van der Waals surface area contributed by atoms with E-state index in [-0.39, 0.29) is 17.5 Å². The number of nitrogens with two attached hydrogens (primary N) is 1. The molecular formula is C14H17N3O2S. The van der Waals surface area contributed by atoms with Crippen LogP contribution in [0.15, 0.2) is 30.6 Å². The van der Waals surface area contributed by atoms with E-state index in [1.165, 1.54) is 0 Å². The zero-order valence-corrected chi connectivity index (χ0v) is 12.1. The van der Waals surface area contributed by atoms with Crippen molar-refractivity contribution in [1.29, 1.82) is 0 Å². The molecule has 2 heterocycles. The summed E-state index contributed by atoms with van der Waals surface area (Å²) in [6.07, 6.45) is 4.16. The van der Waals surface area contributed by atoms with Crippen LogP contribution in [0.1, 0.15) is 6.42 Å². The van der Waals surface area contributed by atoms with E-state index in [1.807, 2.05) is 30.1 Å². The van der Waals surface area contributed by atoms with E-state index in [9.17, 15) is 8.42 Å². The predicted molar refractivity (Wildman–Crippen MR) is 81.6 cm³/mol. The molecular weight excluding hydrogens is 274 g/mol. The minimum atomic E-state index is -2.89. The number of fused-ring (bicyclic) bond motifs is 1. The summed E-state index contributed by atoms with van der Waals surface area (Å²) in [6.45, 7) is 0. The second-order valence-corrected chi connectivity index (χ2v) is 7.49. The van der Waals surface area contributed by atoms with Crippen molar-refractivity contribution in [2.45, 2.75) is 12.5 Å². The highest BCUT2D eigenvalue weighted by Crippen LogP contribution is 2.32. The lowest BCUT2D eigenvalue weighted by molar-refractivity contribution is 0.601. The van der Waals surface area contributed by atoms with Gasteiger partial charge in [-0.3, -0.25) is 4.98 Å². The van der Waals surface area contributed by atoms with E-state index in [4.69, 9.17) is 5.73 Å².